The second-order valence-electron chi connectivity index (χ2n) is 8.24. The standard InChI is InChI=1S/C23H45NOS/c1-7-10-11-14-18-26-19-15-12-13-17-21(9-3)20(4)23(5,6)22(24-25)16-8-2/h8,20-21,25H,2,7,9-19H2,1,3-6H3/b24-22+. The lowest BCUT2D eigenvalue weighted by Gasteiger charge is -2.37. The second-order valence-corrected chi connectivity index (χ2v) is 9.47. The Morgan fingerprint density at radius 2 is 1.69 bits per heavy atom. The molecule has 0 aromatic heterocycles. The highest BCUT2D eigenvalue weighted by Crippen LogP contribution is 2.38. The SMILES string of the molecule is C=CC/C(=N\O)C(C)(C)C(C)C(CC)CCCCCSCCCCCC. The molecule has 0 rings (SSSR count). The summed E-state index contributed by atoms with van der Waals surface area (Å²) in [6.07, 6.45) is 14.5. The molecule has 0 radical (unpaired) electrons. The molecule has 0 aliphatic carbocycles. The number of rotatable bonds is 17. The van der Waals surface area contributed by atoms with E-state index in [2.05, 4.69) is 58.1 Å². The van der Waals surface area contributed by atoms with E-state index in [1.807, 2.05) is 6.08 Å². The van der Waals surface area contributed by atoms with Crippen LogP contribution in [0.4, 0.5) is 0 Å². The molecule has 2 unspecified atom stereocenters. The zero-order chi connectivity index (χ0) is 19.8. The van der Waals surface area contributed by atoms with Crippen LogP contribution in [0.15, 0.2) is 17.8 Å². The smallest absolute Gasteiger partial charge is 0.0666 e. The molecular formula is C23H45NOS. The van der Waals surface area contributed by atoms with Crippen molar-refractivity contribution in [3.05, 3.63) is 12.7 Å². The van der Waals surface area contributed by atoms with Gasteiger partial charge in [-0.15, -0.1) is 6.58 Å². The van der Waals surface area contributed by atoms with Crippen LogP contribution < -0.4 is 0 Å². The largest absolute Gasteiger partial charge is 0.411 e. The molecule has 0 saturated carbocycles. The summed E-state index contributed by atoms with van der Waals surface area (Å²) in [5.41, 5.74) is 0.774. The van der Waals surface area contributed by atoms with Gasteiger partial charge in [-0.3, -0.25) is 0 Å². The number of unbranched alkanes of at least 4 members (excludes halogenated alkanes) is 5. The Labute approximate surface area is 168 Å². The van der Waals surface area contributed by atoms with Crippen LogP contribution in [-0.4, -0.2) is 22.4 Å². The van der Waals surface area contributed by atoms with Gasteiger partial charge in [-0.2, -0.15) is 11.8 Å². The molecule has 0 heterocycles. The van der Waals surface area contributed by atoms with Crippen molar-refractivity contribution in [2.45, 2.75) is 98.8 Å². The molecule has 26 heavy (non-hydrogen) atoms. The lowest BCUT2D eigenvalue weighted by Crippen LogP contribution is -2.35. The Morgan fingerprint density at radius 1 is 1.08 bits per heavy atom. The molecule has 154 valence electrons. The van der Waals surface area contributed by atoms with E-state index >= 15 is 0 Å². The second kappa shape index (κ2) is 15.6. The molecule has 0 spiro atoms. The summed E-state index contributed by atoms with van der Waals surface area (Å²) < 4.78 is 0. The van der Waals surface area contributed by atoms with Gasteiger partial charge < -0.3 is 5.21 Å². The lowest BCUT2D eigenvalue weighted by atomic mass is 9.67. The summed E-state index contributed by atoms with van der Waals surface area (Å²) in [6, 6.07) is 0. The quantitative estimate of drug-likeness (QED) is 0.0908. The van der Waals surface area contributed by atoms with E-state index < -0.39 is 0 Å². The molecular weight excluding hydrogens is 338 g/mol. The van der Waals surface area contributed by atoms with Crippen molar-refractivity contribution in [2.75, 3.05) is 11.5 Å². The fourth-order valence-electron chi connectivity index (χ4n) is 3.75. The molecule has 0 aliphatic heterocycles. The minimum absolute atomic E-state index is 0.0854. The molecule has 0 fully saturated rings. The van der Waals surface area contributed by atoms with E-state index in [0.717, 1.165) is 5.71 Å². The van der Waals surface area contributed by atoms with Gasteiger partial charge in [-0.05, 0) is 36.2 Å². The van der Waals surface area contributed by atoms with Crippen molar-refractivity contribution < 1.29 is 5.21 Å². The number of oxime groups is 1. The first-order chi connectivity index (χ1) is 12.4. The maximum absolute atomic E-state index is 9.40. The van der Waals surface area contributed by atoms with Gasteiger partial charge in [0.05, 0.1) is 5.71 Å². The van der Waals surface area contributed by atoms with Crippen LogP contribution in [0.2, 0.25) is 0 Å². The van der Waals surface area contributed by atoms with Gasteiger partial charge in [-0.1, -0.05) is 90.8 Å². The van der Waals surface area contributed by atoms with Crippen LogP contribution in [0.3, 0.4) is 0 Å². The number of thioether (sulfide) groups is 1. The Balaban J connectivity index is 4.12. The highest BCUT2D eigenvalue weighted by atomic mass is 32.2. The van der Waals surface area contributed by atoms with Crippen LogP contribution in [0, 0.1) is 17.3 Å². The predicted molar refractivity (Wildman–Crippen MR) is 121 cm³/mol. The maximum atomic E-state index is 9.40. The number of hydrogen-bond donors (Lipinski definition) is 1. The van der Waals surface area contributed by atoms with Crippen LogP contribution in [0.5, 0.6) is 0 Å². The monoisotopic (exact) mass is 383 g/mol. The molecule has 0 aromatic carbocycles. The molecule has 0 aromatic rings. The molecule has 0 bridgehead atoms. The van der Waals surface area contributed by atoms with Crippen LogP contribution in [-0.2, 0) is 0 Å². The third kappa shape index (κ3) is 10.0. The Bertz CT molecular complexity index is 378. The maximum Gasteiger partial charge on any atom is 0.0666 e. The van der Waals surface area contributed by atoms with E-state index in [-0.39, 0.29) is 5.41 Å². The van der Waals surface area contributed by atoms with E-state index in [0.29, 0.717) is 18.3 Å². The third-order valence-electron chi connectivity index (χ3n) is 6.08. The van der Waals surface area contributed by atoms with Crippen molar-refractivity contribution in [1.29, 1.82) is 0 Å². The van der Waals surface area contributed by atoms with Crippen molar-refractivity contribution in [2.24, 2.45) is 22.4 Å². The summed E-state index contributed by atoms with van der Waals surface area (Å²) in [6.45, 7) is 15.1. The average Bonchev–Trinajstić information content (AvgIpc) is 2.63. The highest BCUT2D eigenvalue weighted by Gasteiger charge is 2.35. The van der Waals surface area contributed by atoms with E-state index in [1.54, 1.807) is 0 Å². The molecule has 2 atom stereocenters. The summed E-state index contributed by atoms with van der Waals surface area (Å²) in [4.78, 5) is 0. The topological polar surface area (TPSA) is 32.6 Å². The van der Waals surface area contributed by atoms with Crippen LogP contribution in [0.1, 0.15) is 98.8 Å². The van der Waals surface area contributed by atoms with Crippen molar-refractivity contribution in [3.8, 4) is 0 Å². The van der Waals surface area contributed by atoms with E-state index in [1.165, 1.54) is 69.3 Å². The number of nitrogens with zero attached hydrogens (tertiary/aromatic N) is 1. The van der Waals surface area contributed by atoms with Gasteiger partial charge in [0.2, 0.25) is 0 Å². The first kappa shape index (κ1) is 25.6. The van der Waals surface area contributed by atoms with Gasteiger partial charge >= 0.3 is 0 Å². The first-order valence-corrected chi connectivity index (χ1v) is 12.0. The number of hydrogen-bond acceptors (Lipinski definition) is 3. The van der Waals surface area contributed by atoms with Gasteiger partial charge in [0.1, 0.15) is 0 Å². The summed E-state index contributed by atoms with van der Waals surface area (Å²) in [7, 11) is 0. The molecule has 0 aliphatic rings. The Morgan fingerprint density at radius 3 is 2.19 bits per heavy atom. The zero-order valence-corrected chi connectivity index (χ0v) is 19.0. The van der Waals surface area contributed by atoms with E-state index in [4.69, 9.17) is 0 Å². The summed E-state index contributed by atoms with van der Waals surface area (Å²) in [5, 5.41) is 13.0. The van der Waals surface area contributed by atoms with Gasteiger partial charge in [0, 0.05) is 11.8 Å². The van der Waals surface area contributed by atoms with E-state index in [9.17, 15) is 5.21 Å². The summed E-state index contributed by atoms with van der Waals surface area (Å²) in [5.74, 6) is 3.86. The third-order valence-corrected chi connectivity index (χ3v) is 7.23. The molecule has 1 N–H and O–H groups in total. The predicted octanol–water partition coefficient (Wildman–Crippen LogP) is 7.96. The first-order valence-electron chi connectivity index (χ1n) is 10.9. The Hall–Kier alpha value is -0.440. The molecule has 2 nitrogen and oxygen atoms in total. The van der Waals surface area contributed by atoms with Gasteiger partial charge in [0.25, 0.3) is 0 Å². The number of allylic oxidation sites excluding steroid dienone is 1. The van der Waals surface area contributed by atoms with Crippen molar-refractivity contribution in [1.82, 2.24) is 0 Å². The zero-order valence-electron chi connectivity index (χ0n) is 18.2. The molecule has 0 amide bonds. The summed E-state index contributed by atoms with van der Waals surface area (Å²) >= 11 is 2.14. The van der Waals surface area contributed by atoms with Crippen molar-refractivity contribution in [3.63, 3.8) is 0 Å². The van der Waals surface area contributed by atoms with Crippen LogP contribution in [0.25, 0.3) is 0 Å². The lowest BCUT2D eigenvalue weighted by molar-refractivity contribution is 0.196. The normalized spacial score (nSPS) is 15.0. The fourth-order valence-corrected chi connectivity index (χ4v) is 4.77. The minimum atomic E-state index is -0.0854. The average molecular weight is 384 g/mol. The Kier molecular flexibility index (Phi) is 15.3. The highest BCUT2D eigenvalue weighted by molar-refractivity contribution is 7.99. The van der Waals surface area contributed by atoms with Gasteiger partial charge in [0.15, 0.2) is 0 Å². The molecule has 3 heteroatoms. The fraction of sp³-hybridized carbons (Fsp3) is 0.870. The minimum Gasteiger partial charge on any atom is -0.411 e. The van der Waals surface area contributed by atoms with Crippen LogP contribution >= 0.6 is 11.8 Å². The van der Waals surface area contributed by atoms with Gasteiger partial charge in [-0.25, -0.2) is 0 Å². The van der Waals surface area contributed by atoms with Crippen molar-refractivity contribution >= 4 is 17.5 Å². The molecule has 0 saturated heterocycles.